The second-order valence-electron chi connectivity index (χ2n) is 3.82. The predicted octanol–water partition coefficient (Wildman–Crippen LogP) is 1.02. The summed E-state index contributed by atoms with van der Waals surface area (Å²) in [6.45, 7) is 0.774. The van der Waals surface area contributed by atoms with Crippen LogP contribution in [0.3, 0.4) is 0 Å². The molecule has 1 N–H and O–H groups in total. The van der Waals surface area contributed by atoms with E-state index in [1.807, 2.05) is 31.3 Å². The summed E-state index contributed by atoms with van der Waals surface area (Å²) < 4.78 is 5.09. The smallest absolute Gasteiger partial charge is 0.244 e. The molecule has 4 nitrogen and oxygen atoms in total. The number of amides is 1. The van der Waals surface area contributed by atoms with Gasteiger partial charge in [-0.2, -0.15) is 0 Å². The van der Waals surface area contributed by atoms with Gasteiger partial charge in [-0.25, -0.2) is 0 Å². The van der Waals surface area contributed by atoms with Crippen molar-refractivity contribution < 1.29 is 9.53 Å². The average Bonchev–Trinajstić information content (AvgIpc) is 2.70. The third-order valence-corrected chi connectivity index (χ3v) is 2.94. The fraction of sp³-hybridized carbons (Fsp3) is 0.417. The van der Waals surface area contributed by atoms with Gasteiger partial charge >= 0.3 is 0 Å². The van der Waals surface area contributed by atoms with E-state index in [0.29, 0.717) is 0 Å². The molecule has 1 fully saturated rings. The molecule has 0 saturated carbocycles. The van der Waals surface area contributed by atoms with Crippen LogP contribution in [0, 0.1) is 0 Å². The Morgan fingerprint density at radius 1 is 1.38 bits per heavy atom. The van der Waals surface area contributed by atoms with Gasteiger partial charge in [0, 0.05) is 12.2 Å². The van der Waals surface area contributed by atoms with Crippen molar-refractivity contribution in [2.45, 2.75) is 12.5 Å². The minimum Gasteiger partial charge on any atom is -0.497 e. The molecule has 1 aromatic carbocycles. The number of likely N-dealkylation sites (N-methyl/N-ethyl adjacent to an activating group) is 1. The van der Waals surface area contributed by atoms with Gasteiger partial charge in [-0.1, -0.05) is 0 Å². The molecular formula is C12H16N2O2. The van der Waals surface area contributed by atoms with Gasteiger partial charge in [0.2, 0.25) is 5.91 Å². The Labute approximate surface area is 95.2 Å². The highest BCUT2D eigenvalue weighted by Crippen LogP contribution is 2.23. The summed E-state index contributed by atoms with van der Waals surface area (Å²) in [6, 6.07) is 7.52. The fourth-order valence-electron chi connectivity index (χ4n) is 1.97. The van der Waals surface area contributed by atoms with Crippen molar-refractivity contribution in [1.29, 1.82) is 0 Å². The number of methoxy groups -OCH3 is 1. The third-order valence-electron chi connectivity index (χ3n) is 2.94. The number of anilines is 1. The van der Waals surface area contributed by atoms with Crippen LogP contribution in [0.5, 0.6) is 5.75 Å². The maximum absolute atomic E-state index is 11.9. The molecule has 1 heterocycles. The molecule has 16 heavy (non-hydrogen) atoms. The van der Waals surface area contributed by atoms with E-state index in [1.54, 1.807) is 12.0 Å². The van der Waals surface area contributed by atoms with Gasteiger partial charge < -0.3 is 15.0 Å². The lowest BCUT2D eigenvalue weighted by Crippen LogP contribution is -2.36. The van der Waals surface area contributed by atoms with Crippen LogP contribution in [0.4, 0.5) is 5.69 Å². The van der Waals surface area contributed by atoms with Gasteiger partial charge in [-0.3, -0.25) is 4.79 Å². The summed E-state index contributed by atoms with van der Waals surface area (Å²) in [6.07, 6.45) is 0.862. The molecule has 0 aliphatic carbocycles. The molecule has 86 valence electrons. The summed E-state index contributed by atoms with van der Waals surface area (Å²) >= 11 is 0. The van der Waals surface area contributed by atoms with Gasteiger partial charge in [0.05, 0.1) is 13.2 Å². The number of nitrogens with one attached hydrogen (secondary N) is 1. The number of rotatable bonds is 3. The maximum Gasteiger partial charge on any atom is 0.244 e. The Hall–Kier alpha value is -1.55. The van der Waals surface area contributed by atoms with Gasteiger partial charge in [-0.05, 0) is 37.7 Å². The molecule has 0 spiro atoms. The first-order valence-corrected chi connectivity index (χ1v) is 5.39. The molecule has 0 radical (unpaired) electrons. The molecule has 1 amide bonds. The van der Waals surface area contributed by atoms with Crippen molar-refractivity contribution in [3.8, 4) is 5.75 Å². The van der Waals surface area contributed by atoms with E-state index < -0.39 is 0 Å². The summed E-state index contributed by atoms with van der Waals surface area (Å²) in [4.78, 5) is 13.7. The highest BCUT2D eigenvalue weighted by Gasteiger charge is 2.30. The zero-order chi connectivity index (χ0) is 11.5. The quantitative estimate of drug-likeness (QED) is 0.827. The lowest BCUT2D eigenvalue weighted by molar-refractivity contribution is -0.118. The van der Waals surface area contributed by atoms with Gasteiger partial charge in [0.15, 0.2) is 0 Å². The van der Waals surface area contributed by atoms with Crippen LogP contribution in [0.25, 0.3) is 0 Å². The van der Waals surface area contributed by atoms with E-state index in [1.165, 1.54) is 0 Å². The number of hydrogen-bond acceptors (Lipinski definition) is 3. The fourth-order valence-corrected chi connectivity index (χ4v) is 1.97. The molecular weight excluding hydrogens is 204 g/mol. The highest BCUT2D eigenvalue weighted by molar-refractivity contribution is 5.99. The van der Waals surface area contributed by atoms with Crippen molar-refractivity contribution >= 4 is 11.6 Å². The van der Waals surface area contributed by atoms with Crippen molar-refractivity contribution in [3.63, 3.8) is 0 Å². The van der Waals surface area contributed by atoms with Crippen molar-refractivity contribution in [3.05, 3.63) is 24.3 Å². The zero-order valence-corrected chi connectivity index (χ0v) is 9.56. The maximum atomic E-state index is 11.9. The topological polar surface area (TPSA) is 41.6 Å². The van der Waals surface area contributed by atoms with Crippen LogP contribution in [-0.2, 0) is 4.79 Å². The first-order valence-electron chi connectivity index (χ1n) is 5.39. The monoisotopic (exact) mass is 220 g/mol. The molecule has 1 aliphatic rings. The van der Waals surface area contributed by atoms with Crippen molar-refractivity contribution in [1.82, 2.24) is 5.32 Å². The summed E-state index contributed by atoms with van der Waals surface area (Å²) in [7, 11) is 3.45. The predicted molar refractivity (Wildman–Crippen MR) is 62.8 cm³/mol. The molecule has 0 aromatic heterocycles. The van der Waals surface area contributed by atoms with E-state index in [-0.39, 0.29) is 11.9 Å². The van der Waals surface area contributed by atoms with Crippen LogP contribution in [-0.4, -0.2) is 32.7 Å². The number of nitrogens with zero attached hydrogens (tertiary/aromatic N) is 1. The van der Waals surface area contributed by atoms with Gasteiger partial charge in [0.1, 0.15) is 5.75 Å². The first-order chi connectivity index (χ1) is 7.76. The molecule has 1 atom stereocenters. The lowest BCUT2D eigenvalue weighted by Gasteiger charge is -2.16. The number of benzene rings is 1. The average molecular weight is 220 g/mol. The molecule has 1 unspecified atom stereocenters. The highest BCUT2D eigenvalue weighted by atomic mass is 16.5. The minimum atomic E-state index is -0.0397. The lowest BCUT2D eigenvalue weighted by atomic mass is 10.2. The van der Waals surface area contributed by atoms with Crippen molar-refractivity contribution in [2.24, 2.45) is 0 Å². The Morgan fingerprint density at radius 2 is 2.06 bits per heavy atom. The second-order valence-corrected chi connectivity index (χ2v) is 3.82. The Morgan fingerprint density at radius 3 is 2.56 bits per heavy atom. The number of carbonyl (C=O) groups is 1. The van der Waals surface area contributed by atoms with E-state index >= 15 is 0 Å². The number of ether oxygens (including phenoxy) is 1. The van der Waals surface area contributed by atoms with E-state index in [4.69, 9.17) is 4.74 Å². The minimum absolute atomic E-state index is 0.0397. The summed E-state index contributed by atoms with van der Waals surface area (Å²) in [5.41, 5.74) is 0.934. The Bertz CT molecular complexity index is 375. The van der Waals surface area contributed by atoms with Crippen LogP contribution in [0.2, 0.25) is 0 Å². The third kappa shape index (κ3) is 1.88. The standard InChI is InChI=1S/C12H16N2O2/c1-13-11-7-8-14(12(11)15)9-3-5-10(16-2)6-4-9/h3-6,11,13H,7-8H2,1-2H3. The molecule has 2 rings (SSSR count). The van der Waals surface area contributed by atoms with Gasteiger partial charge in [-0.15, -0.1) is 0 Å². The zero-order valence-electron chi connectivity index (χ0n) is 9.56. The molecule has 1 aliphatic heterocycles. The number of hydrogen-bond donors (Lipinski definition) is 1. The van der Waals surface area contributed by atoms with Crippen LogP contribution in [0.15, 0.2) is 24.3 Å². The van der Waals surface area contributed by atoms with Gasteiger partial charge in [0.25, 0.3) is 0 Å². The van der Waals surface area contributed by atoms with Crippen LogP contribution >= 0.6 is 0 Å². The normalized spacial score (nSPS) is 20.2. The SMILES string of the molecule is CNC1CCN(c2ccc(OC)cc2)C1=O. The van der Waals surface area contributed by atoms with E-state index in [2.05, 4.69) is 5.32 Å². The summed E-state index contributed by atoms with van der Waals surface area (Å²) in [5, 5.41) is 3.02. The molecule has 0 bridgehead atoms. The largest absolute Gasteiger partial charge is 0.497 e. The van der Waals surface area contributed by atoms with Crippen LogP contribution in [0.1, 0.15) is 6.42 Å². The van der Waals surface area contributed by atoms with E-state index in [0.717, 1.165) is 24.4 Å². The molecule has 1 aromatic rings. The molecule has 1 saturated heterocycles. The summed E-state index contributed by atoms with van der Waals surface area (Å²) in [5.74, 6) is 0.952. The Kier molecular flexibility index (Phi) is 3.10. The van der Waals surface area contributed by atoms with E-state index in [9.17, 15) is 4.79 Å². The second kappa shape index (κ2) is 4.53. The first kappa shape index (κ1) is 11.0. The number of carbonyl (C=O) groups excluding carboxylic acids is 1. The van der Waals surface area contributed by atoms with Crippen molar-refractivity contribution in [2.75, 3.05) is 25.6 Å². The Balaban J connectivity index is 2.16. The molecule has 4 heteroatoms. The van der Waals surface area contributed by atoms with Crippen LogP contribution < -0.4 is 15.0 Å².